The predicted molar refractivity (Wildman–Crippen MR) is 79.9 cm³/mol. The van der Waals surface area contributed by atoms with Gasteiger partial charge in [0.25, 0.3) is 5.91 Å². The van der Waals surface area contributed by atoms with Gasteiger partial charge < -0.3 is 10.4 Å². The van der Waals surface area contributed by atoms with Crippen LogP contribution in [0.15, 0.2) is 53.0 Å². The van der Waals surface area contributed by atoms with Crippen LogP contribution in [-0.2, 0) is 11.2 Å². The summed E-state index contributed by atoms with van der Waals surface area (Å²) in [5, 5.41) is 11.5. The van der Waals surface area contributed by atoms with E-state index in [1.807, 2.05) is 6.07 Å². The Labute approximate surface area is 124 Å². The van der Waals surface area contributed by atoms with E-state index < -0.39 is 5.97 Å². The number of nitrogens with one attached hydrogen (secondary N) is 1. The molecular formula is C15H12BrNO3. The van der Waals surface area contributed by atoms with Gasteiger partial charge in [-0.15, -0.1) is 0 Å². The molecule has 0 spiro atoms. The molecule has 20 heavy (non-hydrogen) atoms. The van der Waals surface area contributed by atoms with Crippen molar-refractivity contribution in [1.29, 1.82) is 0 Å². The van der Waals surface area contributed by atoms with Gasteiger partial charge >= 0.3 is 5.97 Å². The molecule has 1 amide bonds. The van der Waals surface area contributed by atoms with Crippen LogP contribution < -0.4 is 5.32 Å². The number of aliphatic carboxylic acids is 1. The maximum absolute atomic E-state index is 12.1. The lowest BCUT2D eigenvalue weighted by molar-refractivity contribution is -0.136. The number of anilines is 1. The van der Waals surface area contributed by atoms with Crippen LogP contribution in [0, 0.1) is 0 Å². The first-order valence-corrected chi connectivity index (χ1v) is 6.71. The van der Waals surface area contributed by atoms with E-state index in [9.17, 15) is 9.59 Å². The summed E-state index contributed by atoms with van der Waals surface area (Å²) in [6.45, 7) is 0. The summed E-state index contributed by atoms with van der Waals surface area (Å²) in [6.07, 6.45) is -0.0689. The molecule has 0 atom stereocenters. The molecule has 2 aromatic rings. The van der Waals surface area contributed by atoms with Crippen molar-refractivity contribution in [1.82, 2.24) is 0 Å². The van der Waals surface area contributed by atoms with E-state index >= 15 is 0 Å². The topological polar surface area (TPSA) is 66.4 Å². The molecule has 0 radical (unpaired) electrons. The number of carbonyl (C=O) groups excluding carboxylic acids is 1. The molecule has 0 heterocycles. The van der Waals surface area contributed by atoms with E-state index in [0.29, 0.717) is 16.8 Å². The van der Waals surface area contributed by atoms with Crippen LogP contribution in [0.1, 0.15) is 15.9 Å². The average molecular weight is 334 g/mol. The number of benzene rings is 2. The molecule has 0 aromatic heterocycles. The minimum Gasteiger partial charge on any atom is -0.481 e. The maximum atomic E-state index is 12.1. The second-order valence-corrected chi connectivity index (χ2v) is 5.15. The molecule has 0 aliphatic rings. The number of carbonyl (C=O) groups is 2. The number of carboxylic acid groups (broad SMARTS) is 1. The SMILES string of the molecule is O=C(O)Cc1cccc(NC(=O)c2cccc(Br)c2)c1. The summed E-state index contributed by atoms with van der Waals surface area (Å²) in [5.41, 5.74) is 1.75. The van der Waals surface area contributed by atoms with Crippen molar-refractivity contribution in [3.8, 4) is 0 Å². The third kappa shape index (κ3) is 3.93. The first-order valence-electron chi connectivity index (χ1n) is 5.92. The molecule has 2 aromatic carbocycles. The molecule has 0 saturated carbocycles. The van der Waals surface area contributed by atoms with Gasteiger partial charge in [0.2, 0.25) is 0 Å². The summed E-state index contributed by atoms with van der Waals surface area (Å²) in [7, 11) is 0. The molecule has 2 N–H and O–H groups in total. The van der Waals surface area contributed by atoms with Gasteiger partial charge in [0.05, 0.1) is 6.42 Å². The third-order valence-corrected chi connectivity index (χ3v) is 3.12. The zero-order valence-electron chi connectivity index (χ0n) is 10.5. The van der Waals surface area contributed by atoms with Gasteiger partial charge in [0.15, 0.2) is 0 Å². The van der Waals surface area contributed by atoms with Gasteiger partial charge in [-0.2, -0.15) is 0 Å². The molecule has 4 nitrogen and oxygen atoms in total. The van der Waals surface area contributed by atoms with E-state index in [0.717, 1.165) is 4.47 Å². The van der Waals surface area contributed by atoms with E-state index in [2.05, 4.69) is 21.2 Å². The second-order valence-electron chi connectivity index (χ2n) is 4.24. The van der Waals surface area contributed by atoms with Gasteiger partial charge in [-0.05, 0) is 35.9 Å². The molecule has 0 unspecified atom stereocenters. The summed E-state index contributed by atoms with van der Waals surface area (Å²) in [6, 6.07) is 13.9. The summed E-state index contributed by atoms with van der Waals surface area (Å²) in [5.74, 6) is -1.14. The lowest BCUT2D eigenvalue weighted by Gasteiger charge is -2.07. The number of hydrogen-bond donors (Lipinski definition) is 2. The number of hydrogen-bond acceptors (Lipinski definition) is 2. The van der Waals surface area contributed by atoms with Crippen molar-refractivity contribution in [3.05, 3.63) is 64.1 Å². The first-order chi connectivity index (χ1) is 9.54. The minimum absolute atomic E-state index is 0.0689. The highest BCUT2D eigenvalue weighted by molar-refractivity contribution is 9.10. The van der Waals surface area contributed by atoms with Gasteiger partial charge in [-0.25, -0.2) is 0 Å². The van der Waals surface area contributed by atoms with Gasteiger partial charge in [0, 0.05) is 15.7 Å². The van der Waals surface area contributed by atoms with Crippen molar-refractivity contribution in [2.75, 3.05) is 5.32 Å². The fourth-order valence-corrected chi connectivity index (χ4v) is 2.17. The quantitative estimate of drug-likeness (QED) is 0.901. The van der Waals surface area contributed by atoms with Gasteiger partial charge in [0.1, 0.15) is 0 Å². The summed E-state index contributed by atoms with van der Waals surface area (Å²) >= 11 is 3.31. The Morgan fingerprint density at radius 3 is 2.55 bits per heavy atom. The van der Waals surface area contributed by atoms with Crippen LogP contribution in [-0.4, -0.2) is 17.0 Å². The largest absolute Gasteiger partial charge is 0.481 e. The van der Waals surface area contributed by atoms with Crippen LogP contribution in [0.25, 0.3) is 0 Å². The lowest BCUT2D eigenvalue weighted by Crippen LogP contribution is -2.12. The Balaban J connectivity index is 2.13. The molecule has 102 valence electrons. The zero-order valence-corrected chi connectivity index (χ0v) is 12.1. The van der Waals surface area contributed by atoms with Crippen molar-refractivity contribution in [2.24, 2.45) is 0 Å². The molecule has 2 rings (SSSR count). The molecule has 0 aliphatic heterocycles. The number of halogens is 1. The lowest BCUT2D eigenvalue weighted by atomic mass is 10.1. The Kier molecular flexibility index (Phi) is 4.53. The van der Waals surface area contributed by atoms with E-state index in [4.69, 9.17) is 5.11 Å². The Hall–Kier alpha value is -2.14. The highest BCUT2D eigenvalue weighted by Crippen LogP contribution is 2.15. The highest BCUT2D eigenvalue weighted by Gasteiger charge is 2.07. The highest BCUT2D eigenvalue weighted by atomic mass is 79.9. The fraction of sp³-hybridized carbons (Fsp3) is 0.0667. The number of carboxylic acids is 1. The average Bonchev–Trinajstić information content (AvgIpc) is 2.38. The van der Waals surface area contributed by atoms with Crippen LogP contribution >= 0.6 is 15.9 Å². The molecule has 0 fully saturated rings. The standard InChI is InChI=1S/C15H12BrNO3/c16-12-5-2-4-11(9-12)15(20)17-13-6-1-3-10(7-13)8-14(18)19/h1-7,9H,8H2,(H,17,20)(H,18,19). The predicted octanol–water partition coefficient (Wildman–Crippen LogP) is 3.33. The van der Waals surface area contributed by atoms with E-state index in [1.54, 1.807) is 42.5 Å². The Morgan fingerprint density at radius 2 is 1.85 bits per heavy atom. The third-order valence-electron chi connectivity index (χ3n) is 2.63. The Bertz CT molecular complexity index is 655. The van der Waals surface area contributed by atoms with Crippen molar-refractivity contribution < 1.29 is 14.7 Å². The molecular weight excluding hydrogens is 322 g/mol. The molecule has 0 aliphatic carbocycles. The van der Waals surface area contributed by atoms with Gasteiger partial charge in [-0.3, -0.25) is 9.59 Å². The summed E-state index contributed by atoms with van der Waals surface area (Å²) < 4.78 is 0.824. The van der Waals surface area contributed by atoms with Crippen molar-refractivity contribution in [2.45, 2.75) is 6.42 Å². The smallest absolute Gasteiger partial charge is 0.307 e. The van der Waals surface area contributed by atoms with Crippen LogP contribution in [0.5, 0.6) is 0 Å². The zero-order chi connectivity index (χ0) is 14.5. The Morgan fingerprint density at radius 1 is 1.10 bits per heavy atom. The fourth-order valence-electron chi connectivity index (χ4n) is 1.77. The molecule has 0 saturated heterocycles. The maximum Gasteiger partial charge on any atom is 0.307 e. The van der Waals surface area contributed by atoms with E-state index in [1.165, 1.54) is 0 Å². The van der Waals surface area contributed by atoms with Crippen LogP contribution in [0.2, 0.25) is 0 Å². The number of amides is 1. The molecule has 5 heteroatoms. The normalized spacial score (nSPS) is 10.1. The first kappa shape index (κ1) is 14.3. The monoisotopic (exact) mass is 333 g/mol. The number of rotatable bonds is 4. The van der Waals surface area contributed by atoms with Crippen LogP contribution in [0.4, 0.5) is 5.69 Å². The van der Waals surface area contributed by atoms with E-state index in [-0.39, 0.29) is 12.3 Å². The van der Waals surface area contributed by atoms with Gasteiger partial charge in [-0.1, -0.05) is 34.1 Å². The summed E-state index contributed by atoms with van der Waals surface area (Å²) in [4.78, 5) is 22.7. The molecule has 0 bridgehead atoms. The van der Waals surface area contributed by atoms with Crippen LogP contribution in [0.3, 0.4) is 0 Å². The van der Waals surface area contributed by atoms with Crippen molar-refractivity contribution in [3.63, 3.8) is 0 Å². The van der Waals surface area contributed by atoms with Crippen molar-refractivity contribution >= 4 is 33.5 Å². The second kappa shape index (κ2) is 6.34. The minimum atomic E-state index is -0.902.